The van der Waals surface area contributed by atoms with Crippen molar-refractivity contribution in [3.63, 3.8) is 0 Å². The molecule has 0 aromatic carbocycles. The summed E-state index contributed by atoms with van der Waals surface area (Å²) in [6.45, 7) is 8.21. The molecule has 0 radical (unpaired) electrons. The van der Waals surface area contributed by atoms with Crippen LogP contribution in [0.2, 0.25) is 0 Å². The summed E-state index contributed by atoms with van der Waals surface area (Å²) in [5, 5.41) is 3.60. The Bertz CT molecular complexity index is 233. The van der Waals surface area contributed by atoms with Crippen molar-refractivity contribution in [2.24, 2.45) is 5.92 Å². The van der Waals surface area contributed by atoms with Crippen molar-refractivity contribution in [3.05, 3.63) is 0 Å². The molecule has 1 amide bonds. The first-order chi connectivity index (χ1) is 7.99. The van der Waals surface area contributed by atoms with Gasteiger partial charge in [-0.2, -0.15) is 0 Å². The smallest absolute Gasteiger partial charge is 0.236 e. The molecule has 0 aliphatic carbocycles. The van der Waals surface area contributed by atoms with Gasteiger partial charge >= 0.3 is 0 Å². The van der Waals surface area contributed by atoms with Gasteiger partial charge in [-0.3, -0.25) is 9.69 Å². The molecule has 4 heteroatoms. The van der Waals surface area contributed by atoms with E-state index < -0.39 is 0 Å². The molecule has 0 aromatic rings. The second-order valence-corrected chi connectivity index (χ2v) is 5.64. The summed E-state index contributed by atoms with van der Waals surface area (Å²) in [5.41, 5.74) is 0. The van der Waals surface area contributed by atoms with Crippen molar-refractivity contribution in [2.45, 2.75) is 32.7 Å². The van der Waals surface area contributed by atoms with Crippen molar-refractivity contribution in [1.82, 2.24) is 15.1 Å². The fourth-order valence-electron chi connectivity index (χ4n) is 2.03. The van der Waals surface area contributed by atoms with Crippen molar-refractivity contribution in [1.29, 1.82) is 0 Å². The van der Waals surface area contributed by atoms with Crippen LogP contribution in [0.15, 0.2) is 0 Å². The first-order valence-corrected chi connectivity index (χ1v) is 6.65. The van der Waals surface area contributed by atoms with Gasteiger partial charge in [-0.05, 0) is 25.3 Å². The minimum absolute atomic E-state index is 0.207. The van der Waals surface area contributed by atoms with Gasteiger partial charge in [-0.1, -0.05) is 13.8 Å². The molecule has 0 unspecified atom stereocenters. The van der Waals surface area contributed by atoms with E-state index in [4.69, 9.17) is 0 Å². The van der Waals surface area contributed by atoms with Crippen molar-refractivity contribution in [2.75, 3.05) is 40.3 Å². The van der Waals surface area contributed by atoms with Crippen LogP contribution in [0.3, 0.4) is 0 Å². The van der Waals surface area contributed by atoms with Gasteiger partial charge in [-0.25, -0.2) is 0 Å². The molecule has 1 N–H and O–H groups in total. The topological polar surface area (TPSA) is 35.6 Å². The molecule has 1 aliphatic heterocycles. The Morgan fingerprint density at radius 3 is 2.41 bits per heavy atom. The van der Waals surface area contributed by atoms with Crippen molar-refractivity contribution < 1.29 is 4.79 Å². The van der Waals surface area contributed by atoms with E-state index in [-0.39, 0.29) is 5.91 Å². The summed E-state index contributed by atoms with van der Waals surface area (Å²) in [6, 6.07) is 0.642. The van der Waals surface area contributed by atoms with Gasteiger partial charge in [0, 0.05) is 33.2 Å². The summed E-state index contributed by atoms with van der Waals surface area (Å²) < 4.78 is 0. The van der Waals surface area contributed by atoms with E-state index in [0.717, 1.165) is 32.5 Å². The standard InChI is InChI=1S/C13H27N3O/c1-11(2)9-14-12-5-7-16(8-6-12)10-13(17)15(3)4/h11-12,14H,5-10H2,1-4H3. The van der Waals surface area contributed by atoms with Gasteiger partial charge in [0.2, 0.25) is 5.91 Å². The van der Waals surface area contributed by atoms with Crippen LogP contribution in [0.4, 0.5) is 0 Å². The number of hydrogen-bond acceptors (Lipinski definition) is 3. The second-order valence-electron chi connectivity index (χ2n) is 5.64. The van der Waals surface area contributed by atoms with Crippen LogP contribution in [0.25, 0.3) is 0 Å². The minimum atomic E-state index is 0.207. The molecular weight excluding hydrogens is 214 g/mol. The van der Waals surface area contributed by atoms with Gasteiger partial charge in [0.15, 0.2) is 0 Å². The Morgan fingerprint density at radius 1 is 1.35 bits per heavy atom. The molecule has 0 atom stereocenters. The van der Waals surface area contributed by atoms with E-state index >= 15 is 0 Å². The number of likely N-dealkylation sites (tertiary alicyclic amines) is 1. The molecule has 0 saturated carbocycles. The zero-order chi connectivity index (χ0) is 12.8. The summed E-state index contributed by atoms with van der Waals surface area (Å²) in [6.07, 6.45) is 2.32. The summed E-state index contributed by atoms with van der Waals surface area (Å²) in [5.74, 6) is 0.918. The molecule has 100 valence electrons. The molecule has 17 heavy (non-hydrogen) atoms. The van der Waals surface area contributed by atoms with Gasteiger partial charge in [0.05, 0.1) is 6.54 Å². The third-order valence-corrected chi connectivity index (χ3v) is 3.26. The van der Waals surface area contributed by atoms with E-state index in [2.05, 4.69) is 24.1 Å². The Balaban J connectivity index is 2.19. The monoisotopic (exact) mass is 241 g/mol. The lowest BCUT2D eigenvalue weighted by Gasteiger charge is -2.32. The lowest BCUT2D eigenvalue weighted by Crippen LogP contribution is -2.46. The second kappa shape index (κ2) is 6.97. The number of nitrogens with one attached hydrogen (secondary N) is 1. The average Bonchev–Trinajstić information content (AvgIpc) is 2.28. The molecule has 1 rings (SSSR count). The van der Waals surface area contributed by atoms with Crippen LogP contribution in [-0.2, 0) is 4.79 Å². The van der Waals surface area contributed by atoms with Crippen LogP contribution in [-0.4, -0.2) is 62.0 Å². The fraction of sp³-hybridized carbons (Fsp3) is 0.923. The molecule has 1 heterocycles. The van der Waals surface area contributed by atoms with Gasteiger partial charge < -0.3 is 10.2 Å². The van der Waals surface area contributed by atoms with Crippen LogP contribution in [0, 0.1) is 5.92 Å². The average molecular weight is 241 g/mol. The predicted octanol–water partition coefficient (Wildman–Crippen LogP) is 0.785. The van der Waals surface area contributed by atoms with Gasteiger partial charge in [0.1, 0.15) is 0 Å². The predicted molar refractivity (Wildman–Crippen MR) is 71.0 cm³/mol. The first-order valence-electron chi connectivity index (χ1n) is 6.65. The maximum absolute atomic E-state index is 11.6. The normalized spacial score (nSPS) is 18.6. The van der Waals surface area contributed by atoms with E-state index in [0.29, 0.717) is 18.5 Å². The highest BCUT2D eigenvalue weighted by molar-refractivity contribution is 5.77. The zero-order valence-corrected chi connectivity index (χ0v) is 11.7. The van der Waals surface area contributed by atoms with Crippen LogP contribution < -0.4 is 5.32 Å². The Hall–Kier alpha value is -0.610. The number of likely N-dealkylation sites (N-methyl/N-ethyl adjacent to an activating group) is 1. The Morgan fingerprint density at radius 2 is 1.94 bits per heavy atom. The SMILES string of the molecule is CC(C)CNC1CCN(CC(=O)N(C)C)CC1. The van der Waals surface area contributed by atoms with Crippen molar-refractivity contribution >= 4 is 5.91 Å². The molecule has 1 saturated heterocycles. The van der Waals surface area contributed by atoms with E-state index in [1.54, 1.807) is 4.90 Å². The molecular formula is C13H27N3O. The molecule has 0 aromatic heterocycles. The first kappa shape index (κ1) is 14.5. The highest BCUT2D eigenvalue weighted by Gasteiger charge is 2.20. The number of piperidine rings is 1. The van der Waals surface area contributed by atoms with Crippen LogP contribution in [0.5, 0.6) is 0 Å². The molecule has 1 aliphatic rings. The van der Waals surface area contributed by atoms with E-state index in [1.165, 1.54) is 0 Å². The summed E-state index contributed by atoms with van der Waals surface area (Å²) in [7, 11) is 3.64. The molecule has 0 bridgehead atoms. The maximum Gasteiger partial charge on any atom is 0.236 e. The van der Waals surface area contributed by atoms with Gasteiger partial charge in [0.25, 0.3) is 0 Å². The number of amides is 1. The zero-order valence-electron chi connectivity index (χ0n) is 11.7. The van der Waals surface area contributed by atoms with E-state index in [9.17, 15) is 4.79 Å². The van der Waals surface area contributed by atoms with Gasteiger partial charge in [-0.15, -0.1) is 0 Å². The fourth-order valence-corrected chi connectivity index (χ4v) is 2.03. The van der Waals surface area contributed by atoms with E-state index in [1.807, 2.05) is 14.1 Å². The van der Waals surface area contributed by atoms with Crippen LogP contribution >= 0.6 is 0 Å². The maximum atomic E-state index is 11.6. The largest absolute Gasteiger partial charge is 0.348 e. The lowest BCUT2D eigenvalue weighted by molar-refractivity contribution is -0.130. The van der Waals surface area contributed by atoms with Crippen LogP contribution in [0.1, 0.15) is 26.7 Å². The number of carbonyl (C=O) groups is 1. The molecule has 1 fully saturated rings. The Labute approximate surface area is 105 Å². The third kappa shape index (κ3) is 5.50. The summed E-state index contributed by atoms with van der Waals surface area (Å²) >= 11 is 0. The Kier molecular flexibility index (Phi) is 5.92. The quantitative estimate of drug-likeness (QED) is 0.773. The highest BCUT2D eigenvalue weighted by Crippen LogP contribution is 2.10. The van der Waals surface area contributed by atoms with Crippen molar-refractivity contribution in [3.8, 4) is 0 Å². The number of rotatable bonds is 5. The molecule has 4 nitrogen and oxygen atoms in total. The number of nitrogens with zero attached hydrogens (tertiary/aromatic N) is 2. The number of hydrogen-bond donors (Lipinski definition) is 1. The highest BCUT2D eigenvalue weighted by atomic mass is 16.2. The lowest BCUT2D eigenvalue weighted by atomic mass is 10.0. The third-order valence-electron chi connectivity index (χ3n) is 3.26. The summed E-state index contributed by atoms with van der Waals surface area (Å²) in [4.78, 5) is 15.5. The number of carbonyl (C=O) groups excluding carboxylic acids is 1. The molecule has 0 spiro atoms. The minimum Gasteiger partial charge on any atom is -0.348 e.